The molecule has 0 fully saturated rings. The van der Waals surface area contributed by atoms with Crippen LogP contribution < -0.4 is 16.0 Å². The second-order valence-corrected chi connectivity index (χ2v) is 4.54. The molecule has 104 valence electrons. The first-order chi connectivity index (χ1) is 9.02. The molecule has 0 aliphatic rings. The maximum atomic E-state index is 11.7. The number of benzene rings is 1. The number of rotatable bonds is 6. The average Bonchev–Trinajstić information content (AvgIpc) is 2.38. The van der Waals surface area contributed by atoms with Crippen LogP contribution in [-0.2, 0) is 9.59 Å². The summed E-state index contributed by atoms with van der Waals surface area (Å²) in [4.78, 5) is 22.6. The summed E-state index contributed by atoms with van der Waals surface area (Å²) in [5.41, 5.74) is 1.65. The van der Waals surface area contributed by atoms with E-state index in [-0.39, 0.29) is 18.4 Å². The molecule has 0 aromatic heterocycles. The van der Waals surface area contributed by atoms with Gasteiger partial charge < -0.3 is 16.0 Å². The van der Waals surface area contributed by atoms with Gasteiger partial charge in [0.1, 0.15) is 0 Å². The molecule has 0 saturated heterocycles. The average molecular weight is 284 g/mol. The highest BCUT2D eigenvalue weighted by atomic mass is 35.5. The zero-order chi connectivity index (χ0) is 14.3. The van der Waals surface area contributed by atoms with Crippen LogP contribution in [0.25, 0.3) is 0 Å². The molecule has 0 radical (unpaired) electrons. The van der Waals surface area contributed by atoms with Gasteiger partial charge in [0.15, 0.2) is 0 Å². The molecule has 0 atom stereocenters. The summed E-state index contributed by atoms with van der Waals surface area (Å²) in [6.45, 7) is 2.51. The van der Waals surface area contributed by atoms with Gasteiger partial charge in [-0.15, -0.1) is 0 Å². The van der Waals surface area contributed by atoms with Crippen LogP contribution in [0, 0.1) is 6.92 Å². The predicted molar refractivity (Wildman–Crippen MR) is 76.4 cm³/mol. The van der Waals surface area contributed by atoms with Gasteiger partial charge in [0.25, 0.3) is 0 Å². The number of anilines is 1. The molecule has 1 aromatic carbocycles. The summed E-state index contributed by atoms with van der Waals surface area (Å²) in [5.74, 6) is -0.221. The van der Waals surface area contributed by atoms with Crippen LogP contribution in [-0.4, -0.2) is 32.0 Å². The van der Waals surface area contributed by atoms with E-state index in [4.69, 9.17) is 11.6 Å². The van der Waals surface area contributed by atoms with Crippen molar-refractivity contribution in [2.75, 3.05) is 25.5 Å². The molecule has 1 aromatic rings. The molecule has 1 rings (SSSR count). The van der Waals surface area contributed by atoms with Crippen molar-refractivity contribution in [3.8, 4) is 0 Å². The smallest absolute Gasteiger partial charge is 0.238 e. The molecular formula is C13H18ClN3O2. The van der Waals surface area contributed by atoms with Crippen LogP contribution in [0.3, 0.4) is 0 Å². The van der Waals surface area contributed by atoms with Crippen molar-refractivity contribution in [2.24, 2.45) is 0 Å². The highest BCUT2D eigenvalue weighted by molar-refractivity contribution is 6.31. The topological polar surface area (TPSA) is 70.2 Å². The maximum Gasteiger partial charge on any atom is 0.238 e. The van der Waals surface area contributed by atoms with Crippen molar-refractivity contribution in [2.45, 2.75) is 13.3 Å². The summed E-state index contributed by atoms with van der Waals surface area (Å²) < 4.78 is 0. The largest absolute Gasteiger partial charge is 0.359 e. The number of hydrogen-bond donors (Lipinski definition) is 3. The van der Waals surface area contributed by atoms with Gasteiger partial charge in [-0.1, -0.05) is 17.7 Å². The molecule has 0 saturated carbocycles. The third-order valence-electron chi connectivity index (χ3n) is 2.57. The van der Waals surface area contributed by atoms with Crippen LogP contribution in [0.1, 0.15) is 12.0 Å². The Kier molecular flexibility index (Phi) is 6.32. The van der Waals surface area contributed by atoms with E-state index in [0.717, 1.165) is 5.56 Å². The Labute approximate surface area is 117 Å². The van der Waals surface area contributed by atoms with Crippen molar-refractivity contribution in [3.63, 3.8) is 0 Å². The molecule has 3 N–H and O–H groups in total. The normalized spacial score (nSPS) is 10.1. The van der Waals surface area contributed by atoms with Gasteiger partial charge in [0.05, 0.1) is 6.54 Å². The van der Waals surface area contributed by atoms with Crippen LogP contribution >= 0.6 is 11.6 Å². The monoisotopic (exact) mass is 283 g/mol. The molecule has 19 heavy (non-hydrogen) atoms. The van der Waals surface area contributed by atoms with Crippen molar-refractivity contribution >= 4 is 29.1 Å². The summed E-state index contributed by atoms with van der Waals surface area (Å²) in [7, 11) is 1.58. The third-order valence-corrected chi connectivity index (χ3v) is 2.80. The van der Waals surface area contributed by atoms with Crippen molar-refractivity contribution < 1.29 is 9.59 Å². The van der Waals surface area contributed by atoms with Gasteiger partial charge in [0, 0.05) is 30.7 Å². The standard InChI is InChI=1S/C13H18ClN3O2/c1-9-3-4-10(14)7-11(9)17-13(19)8-16-6-5-12(18)15-2/h3-4,7,16H,5-6,8H2,1-2H3,(H,15,18)(H,17,19). The molecule has 5 nitrogen and oxygen atoms in total. The first-order valence-electron chi connectivity index (χ1n) is 6.00. The second-order valence-electron chi connectivity index (χ2n) is 4.11. The summed E-state index contributed by atoms with van der Waals surface area (Å²) >= 11 is 5.87. The molecule has 2 amide bonds. The number of carbonyl (C=O) groups is 2. The van der Waals surface area contributed by atoms with Gasteiger partial charge in [-0.2, -0.15) is 0 Å². The highest BCUT2D eigenvalue weighted by Crippen LogP contribution is 2.19. The minimum atomic E-state index is -0.165. The Morgan fingerprint density at radius 1 is 1.26 bits per heavy atom. The van der Waals surface area contributed by atoms with Crippen LogP contribution in [0.2, 0.25) is 5.02 Å². The minimum absolute atomic E-state index is 0.0569. The molecule has 0 unspecified atom stereocenters. The molecule has 0 bridgehead atoms. The number of carbonyl (C=O) groups excluding carboxylic acids is 2. The third kappa shape index (κ3) is 5.72. The van der Waals surface area contributed by atoms with Crippen molar-refractivity contribution in [1.29, 1.82) is 0 Å². The molecular weight excluding hydrogens is 266 g/mol. The van der Waals surface area contributed by atoms with Gasteiger partial charge >= 0.3 is 0 Å². The zero-order valence-electron chi connectivity index (χ0n) is 11.0. The minimum Gasteiger partial charge on any atom is -0.359 e. The number of aryl methyl sites for hydroxylation is 1. The highest BCUT2D eigenvalue weighted by Gasteiger charge is 2.05. The van der Waals surface area contributed by atoms with Gasteiger partial charge in [-0.3, -0.25) is 9.59 Å². The lowest BCUT2D eigenvalue weighted by molar-refractivity contribution is -0.121. The van der Waals surface area contributed by atoms with E-state index >= 15 is 0 Å². The fourth-order valence-corrected chi connectivity index (χ4v) is 1.62. The Morgan fingerprint density at radius 2 is 2.00 bits per heavy atom. The molecule has 0 aliphatic heterocycles. The molecule has 0 aliphatic carbocycles. The van der Waals surface area contributed by atoms with E-state index in [1.165, 1.54) is 0 Å². The molecule has 0 heterocycles. The Balaban J connectivity index is 2.35. The fraction of sp³-hybridized carbons (Fsp3) is 0.385. The summed E-state index contributed by atoms with van der Waals surface area (Å²) in [6.07, 6.45) is 0.347. The molecule has 0 spiro atoms. The van der Waals surface area contributed by atoms with Crippen molar-refractivity contribution in [3.05, 3.63) is 28.8 Å². The van der Waals surface area contributed by atoms with Crippen LogP contribution in [0.4, 0.5) is 5.69 Å². The van der Waals surface area contributed by atoms with Gasteiger partial charge in [-0.05, 0) is 24.6 Å². The zero-order valence-corrected chi connectivity index (χ0v) is 11.8. The van der Waals surface area contributed by atoms with E-state index < -0.39 is 0 Å². The number of hydrogen-bond acceptors (Lipinski definition) is 3. The van der Waals surface area contributed by atoms with Crippen molar-refractivity contribution in [1.82, 2.24) is 10.6 Å². The Bertz CT molecular complexity index is 463. The van der Waals surface area contributed by atoms with Gasteiger partial charge in [0.2, 0.25) is 11.8 Å². The first-order valence-corrected chi connectivity index (χ1v) is 6.38. The summed E-state index contributed by atoms with van der Waals surface area (Å²) in [5, 5.41) is 8.76. The Hall–Kier alpha value is -1.59. The number of halogens is 1. The quantitative estimate of drug-likeness (QED) is 0.690. The lowest BCUT2D eigenvalue weighted by atomic mass is 10.2. The SMILES string of the molecule is CNC(=O)CCNCC(=O)Nc1cc(Cl)ccc1C. The van der Waals surface area contributed by atoms with E-state index in [2.05, 4.69) is 16.0 Å². The van der Waals surface area contributed by atoms with E-state index in [1.807, 2.05) is 13.0 Å². The lowest BCUT2D eigenvalue weighted by Crippen LogP contribution is -2.31. The maximum absolute atomic E-state index is 11.7. The van der Waals surface area contributed by atoms with E-state index in [1.54, 1.807) is 19.2 Å². The Morgan fingerprint density at radius 3 is 2.68 bits per heavy atom. The predicted octanol–water partition coefficient (Wildman–Crippen LogP) is 1.31. The fourth-order valence-electron chi connectivity index (χ4n) is 1.45. The van der Waals surface area contributed by atoms with E-state index in [0.29, 0.717) is 23.7 Å². The number of amides is 2. The van der Waals surface area contributed by atoms with Gasteiger partial charge in [-0.25, -0.2) is 0 Å². The summed E-state index contributed by atoms with van der Waals surface area (Å²) in [6, 6.07) is 5.32. The second kappa shape index (κ2) is 7.76. The first kappa shape index (κ1) is 15.5. The van der Waals surface area contributed by atoms with Crippen LogP contribution in [0.15, 0.2) is 18.2 Å². The van der Waals surface area contributed by atoms with Crippen LogP contribution in [0.5, 0.6) is 0 Å². The lowest BCUT2D eigenvalue weighted by Gasteiger charge is -2.09. The molecule has 6 heteroatoms. The number of nitrogens with one attached hydrogen (secondary N) is 3. The van der Waals surface area contributed by atoms with E-state index in [9.17, 15) is 9.59 Å².